The lowest BCUT2D eigenvalue weighted by molar-refractivity contribution is 0.0741. The largest absolute Gasteiger partial charge is 0.492 e. The highest BCUT2D eigenvalue weighted by Crippen LogP contribution is 2.33. The van der Waals surface area contributed by atoms with E-state index in [1.807, 2.05) is 0 Å². The fourth-order valence-electron chi connectivity index (χ4n) is 3.84. The van der Waals surface area contributed by atoms with Gasteiger partial charge in [-0.25, -0.2) is 26.0 Å². The molecule has 2 aromatic carbocycles. The summed E-state index contributed by atoms with van der Waals surface area (Å²) in [6, 6.07) is 4.08. The van der Waals surface area contributed by atoms with Crippen LogP contribution in [0, 0.1) is 36.1 Å². The molecule has 0 bridgehead atoms. The first-order valence-corrected chi connectivity index (χ1v) is 12.7. The predicted octanol–water partition coefficient (Wildman–Crippen LogP) is 3.71. The quantitative estimate of drug-likeness (QED) is 0.447. The van der Waals surface area contributed by atoms with Crippen LogP contribution in [0.1, 0.15) is 28.8 Å². The van der Waals surface area contributed by atoms with Crippen LogP contribution in [0.25, 0.3) is 0 Å². The number of rotatable bonds is 6. The number of ether oxygens (including phenoxy) is 1. The van der Waals surface area contributed by atoms with E-state index in [2.05, 4.69) is 0 Å². The lowest BCUT2D eigenvalue weighted by atomic mass is 10.1. The Morgan fingerprint density at radius 1 is 1.00 bits per heavy atom. The van der Waals surface area contributed by atoms with Crippen molar-refractivity contribution in [2.24, 2.45) is 5.92 Å². The Bertz CT molecular complexity index is 1210. The minimum Gasteiger partial charge on any atom is -0.492 e. The Balaban J connectivity index is 1.56. The Hall–Kier alpha value is -2.82. The third-order valence-electron chi connectivity index (χ3n) is 6.12. The molecule has 0 aromatic heterocycles. The van der Waals surface area contributed by atoms with Crippen molar-refractivity contribution in [2.75, 3.05) is 43.9 Å². The molecule has 1 saturated carbocycles. The average molecular weight is 501 g/mol. The maximum Gasteiger partial charge on any atom is 0.257 e. The van der Waals surface area contributed by atoms with Crippen molar-refractivity contribution in [3.05, 3.63) is 52.6 Å². The van der Waals surface area contributed by atoms with Crippen LogP contribution in [-0.2, 0) is 9.84 Å². The first kappa shape index (κ1) is 24.3. The molecule has 1 aliphatic carbocycles. The lowest BCUT2D eigenvalue weighted by Gasteiger charge is -2.36. The van der Waals surface area contributed by atoms with Gasteiger partial charge in [-0.05, 0) is 43.9 Å². The van der Waals surface area contributed by atoms with Crippen molar-refractivity contribution in [2.45, 2.75) is 24.7 Å². The van der Waals surface area contributed by atoms with Gasteiger partial charge in [-0.2, -0.15) is 0 Å². The zero-order chi connectivity index (χ0) is 24.8. The fourth-order valence-corrected chi connectivity index (χ4v) is 4.48. The van der Waals surface area contributed by atoms with Gasteiger partial charge in [-0.3, -0.25) is 4.79 Å². The second-order valence-corrected chi connectivity index (χ2v) is 10.7. The van der Waals surface area contributed by atoms with E-state index >= 15 is 0 Å². The fraction of sp³-hybridized carbons (Fsp3) is 0.435. The summed E-state index contributed by atoms with van der Waals surface area (Å²) in [5.74, 6) is -5.71. The second-order valence-electron chi connectivity index (χ2n) is 8.69. The predicted molar refractivity (Wildman–Crippen MR) is 117 cm³/mol. The van der Waals surface area contributed by atoms with Gasteiger partial charge in [0.1, 0.15) is 11.4 Å². The van der Waals surface area contributed by atoms with E-state index in [0.717, 1.165) is 30.9 Å². The number of benzene rings is 2. The smallest absolute Gasteiger partial charge is 0.257 e. The summed E-state index contributed by atoms with van der Waals surface area (Å²) in [4.78, 5) is 15.8. The Kier molecular flexibility index (Phi) is 6.50. The molecule has 1 amide bonds. The van der Waals surface area contributed by atoms with Crippen LogP contribution in [0.5, 0.6) is 5.75 Å². The van der Waals surface area contributed by atoms with Crippen LogP contribution in [0.3, 0.4) is 0 Å². The summed E-state index contributed by atoms with van der Waals surface area (Å²) in [5, 5.41) is 0. The van der Waals surface area contributed by atoms with Crippen molar-refractivity contribution >= 4 is 21.4 Å². The molecule has 1 aliphatic heterocycles. The number of sulfone groups is 1. The number of halogens is 4. The number of nitrogens with zero attached hydrogens (tertiary/aromatic N) is 2. The molecule has 1 saturated heterocycles. The number of amides is 1. The summed E-state index contributed by atoms with van der Waals surface area (Å²) in [6.07, 6.45) is 3.09. The standard InChI is InChI=1S/C23H24F4N2O4S/c1-13-18(24)20(26)22(21(27)19(13)25)28-7-9-29(10-8-28)23(30)16-11-15(34(2,31)32)5-6-17(16)33-12-14-3-4-14/h5-6,11,14H,3-4,7-10,12H2,1-2H3. The molecular weight excluding hydrogens is 476 g/mol. The summed E-state index contributed by atoms with van der Waals surface area (Å²) in [7, 11) is -3.58. The Morgan fingerprint density at radius 2 is 1.59 bits per heavy atom. The van der Waals surface area contributed by atoms with Gasteiger partial charge in [-0.15, -0.1) is 0 Å². The third kappa shape index (κ3) is 4.70. The molecule has 0 unspecified atom stereocenters. The van der Waals surface area contributed by atoms with Gasteiger partial charge in [-0.1, -0.05) is 0 Å². The highest BCUT2D eigenvalue weighted by atomic mass is 32.2. The van der Waals surface area contributed by atoms with Crippen LogP contribution in [0.15, 0.2) is 23.1 Å². The number of hydrogen-bond acceptors (Lipinski definition) is 5. The molecule has 34 heavy (non-hydrogen) atoms. The van der Waals surface area contributed by atoms with E-state index in [-0.39, 0.29) is 42.4 Å². The van der Waals surface area contributed by atoms with Crippen molar-refractivity contribution in [3.8, 4) is 5.75 Å². The summed E-state index contributed by atoms with van der Waals surface area (Å²) < 4.78 is 86.6. The average Bonchev–Trinajstić information content (AvgIpc) is 3.64. The van der Waals surface area contributed by atoms with Gasteiger partial charge in [0.15, 0.2) is 33.1 Å². The number of hydrogen-bond donors (Lipinski definition) is 0. The maximum absolute atomic E-state index is 14.4. The zero-order valence-electron chi connectivity index (χ0n) is 18.7. The number of carbonyl (C=O) groups is 1. The normalized spacial score (nSPS) is 16.6. The van der Waals surface area contributed by atoms with Crippen molar-refractivity contribution < 1.29 is 35.5 Å². The van der Waals surface area contributed by atoms with Crippen LogP contribution < -0.4 is 9.64 Å². The molecule has 1 heterocycles. The summed E-state index contributed by atoms with van der Waals surface area (Å²) in [5.41, 5.74) is -1.47. The van der Waals surface area contributed by atoms with Gasteiger partial charge in [0.2, 0.25) is 0 Å². The third-order valence-corrected chi connectivity index (χ3v) is 7.23. The minimum atomic E-state index is -3.58. The highest BCUT2D eigenvalue weighted by molar-refractivity contribution is 7.90. The van der Waals surface area contributed by atoms with E-state index in [4.69, 9.17) is 4.74 Å². The van der Waals surface area contributed by atoms with Crippen molar-refractivity contribution in [1.82, 2.24) is 4.90 Å². The minimum absolute atomic E-state index is 0.00000449. The SMILES string of the molecule is Cc1c(F)c(F)c(N2CCN(C(=O)c3cc(S(C)(=O)=O)ccc3OCC3CC3)CC2)c(F)c1F. The molecule has 2 aromatic rings. The van der Waals surface area contributed by atoms with Gasteiger partial charge in [0.05, 0.1) is 17.1 Å². The van der Waals surface area contributed by atoms with E-state index in [1.165, 1.54) is 23.1 Å². The highest BCUT2D eigenvalue weighted by Gasteiger charge is 2.32. The zero-order valence-corrected chi connectivity index (χ0v) is 19.5. The first-order chi connectivity index (χ1) is 16.0. The Labute approximate surface area is 195 Å². The van der Waals surface area contributed by atoms with E-state index < -0.39 is 50.3 Å². The van der Waals surface area contributed by atoms with Gasteiger partial charge in [0.25, 0.3) is 5.91 Å². The van der Waals surface area contributed by atoms with Crippen LogP contribution in [0.4, 0.5) is 23.2 Å². The molecule has 6 nitrogen and oxygen atoms in total. The summed E-state index contributed by atoms with van der Waals surface area (Å²) >= 11 is 0. The Morgan fingerprint density at radius 3 is 2.12 bits per heavy atom. The molecule has 0 N–H and O–H groups in total. The van der Waals surface area contributed by atoms with Crippen molar-refractivity contribution in [1.29, 1.82) is 0 Å². The van der Waals surface area contributed by atoms with Crippen LogP contribution in [-0.4, -0.2) is 58.3 Å². The topological polar surface area (TPSA) is 66.9 Å². The second kappa shape index (κ2) is 9.09. The van der Waals surface area contributed by atoms with Gasteiger partial charge in [0, 0.05) is 38.0 Å². The van der Waals surface area contributed by atoms with E-state index in [9.17, 15) is 30.8 Å². The summed E-state index contributed by atoms with van der Waals surface area (Å²) in [6.45, 7) is 1.21. The van der Waals surface area contributed by atoms with E-state index in [1.54, 1.807) is 0 Å². The van der Waals surface area contributed by atoms with E-state index in [0.29, 0.717) is 12.5 Å². The molecular formula is C23H24F4N2O4S. The molecule has 2 aliphatic rings. The lowest BCUT2D eigenvalue weighted by Crippen LogP contribution is -2.49. The molecule has 0 radical (unpaired) electrons. The number of carbonyl (C=O) groups excluding carboxylic acids is 1. The van der Waals surface area contributed by atoms with Crippen LogP contribution in [0.2, 0.25) is 0 Å². The molecule has 11 heteroatoms. The monoisotopic (exact) mass is 500 g/mol. The maximum atomic E-state index is 14.4. The number of anilines is 1. The molecule has 184 valence electrons. The van der Waals surface area contributed by atoms with Crippen LogP contribution >= 0.6 is 0 Å². The molecule has 2 fully saturated rings. The van der Waals surface area contributed by atoms with Gasteiger partial charge < -0.3 is 14.5 Å². The van der Waals surface area contributed by atoms with Crippen molar-refractivity contribution in [3.63, 3.8) is 0 Å². The molecule has 0 spiro atoms. The number of piperazine rings is 1. The first-order valence-electron chi connectivity index (χ1n) is 10.8. The molecule has 0 atom stereocenters. The van der Waals surface area contributed by atoms with Gasteiger partial charge >= 0.3 is 0 Å². The molecule has 4 rings (SSSR count).